The number of pyridine rings is 1. The van der Waals surface area contributed by atoms with Gasteiger partial charge in [-0.3, -0.25) is 10.2 Å². The number of rotatable bonds is 4. The number of amides is 3. The highest BCUT2D eigenvalue weighted by Crippen LogP contribution is 2.18. The molecule has 2 aromatic heterocycles. The number of hydrogen-bond donors (Lipinski definition) is 3. The van der Waals surface area contributed by atoms with Gasteiger partial charge in [0.25, 0.3) is 5.91 Å². The fraction of sp³-hybridized carbons (Fsp3) is 0.389. The summed E-state index contributed by atoms with van der Waals surface area (Å²) in [4.78, 5) is 30.5. The van der Waals surface area contributed by atoms with Gasteiger partial charge in [-0.2, -0.15) is 0 Å². The molecular weight excluding hydrogens is 334 g/mol. The molecule has 3 N–H and O–H groups in total. The predicted molar refractivity (Wildman–Crippen MR) is 96.7 cm³/mol. The van der Waals surface area contributed by atoms with E-state index in [-0.39, 0.29) is 0 Å². The maximum Gasteiger partial charge on any atom is 0.333 e. The molecule has 3 amide bonds. The first-order valence-corrected chi connectivity index (χ1v) is 8.64. The Morgan fingerprint density at radius 1 is 1.19 bits per heavy atom. The average molecular weight is 357 g/mol. The molecule has 1 fully saturated rings. The Labute approximate surface area is 151 Å². The van der Waals surface area contributed by atoms with E-state index < -0.39 is 11.9 Å². The van der Waals surface area contributed by atoms with E-state index in [1.165, 1.54) is 12.8 Å². The van der Waals surface area contributed by atoms with E-state index >= 15 is 0 Å². The van der Waals surface area contributed by atoms with E-state index in [0.29, 0.717) is 23.6 Å². The van der Waals surface area contributed by atoms with Crippen LogP contribution in [0.1, 0.15) is 40.3 Å². The third-order valence-corrected chi connectivity index (χ3v) is 4.27. The number of hydrogen-bond acceptors (Lipinski definition) is 5. The van der Waals surface area contributed by atoms with Crippen LogP contribution >= 0.6 is 0 Å². The van der Waals surface area contributed by atoms with Gasteiger partial charge in [0.15, 0.2) is 0 Å². The number of aromatic nitrogens is 1. The van der Waals surface area contributed by atoms with Crippen LogP contribution < -0.4 is 21.1 Å². The minimum Gasteiger partial charge on any atom is -0.466 e. The van der Waals surface area contributed by atoms with E-state index in [1.54, 1.807) is 26.1 Å². The largest absolute Gasteiger partial charge is 0.466 e. The molecular formula is C18H23N5O3. The second-order valence-corrected chi connectivity index (χ2v) is 6.31. The van der Waals surface area contributed by atoms with Crippen LogP contribution in [-0.2, 0) is 6.54 Å². The molecule has 0 aliphatic carbocycles. The topological polar surface area (TPSA) is 99.5 Å². The summed E-state index contributed by atoms with van der Waals surface area (Å²) < 4.78 is 5.30. The lowest BCUT2D eigenvalue weighted by Gasteiger charge is -2.17. The Morgan fingerprint density at radius 3 is 2.65 bits per heavy atom. The predicted octanol–water partition coefficient (Wildman–Crippen LogP) is 2.04. The summed E-state index contributed by atoms with van der Waals surface area (Å²) in [6.07, 6.45) is 4.11. The van der Waals surface area contributed by atoms with Crippen molar-refractivity contribution in [2.45, 2.75) is 33.2 Å². The van der Waals surface area contributed by atoms with Gasteiger partial charge in [0.1, 0.15) is 17.3 Å². The smallest absolute Gasteiger partial charge is 0.333 e. The van der Waals surface area contributed by atoms with Crippen molar-refractivity contribution in [3.63, 3.8) is 0 Å². The minimum atomic E-state index is -0.490. The highest BCUT2D eigenvalue weighted by molar-refractivity contribution is 5.96. The van der Waals surface area contributed by atoms with Crippen molar-refractivity contribution < 1.29 is 14.0 Å². The van der Waals surface area contributed by atoms with Crippen molar-refractivity contribution in [1.29, 1.82) is 0 Å². The summed E-state index contributed by atoms with van der Waals surface area (Å²) in [5.41, 5.74) is 6.05. The van der Waals surface area contributed by atoms with E-state index in [9.17, 15) is 9.59 Å². The fourth-order valence-corrected chi connectivity index (χ4v) is 2.95. The van der Waals surface area contributed by atoms with Gasteiger partial charge in [0.2, 0.25) is 0 Å². The normalized spacial score (nSPS) is 13.5. The molecule has 0 atom stereocenters. The number of hydrazine groups is 1. The lowest BCUT2D eigenvalue weighted by molar-refractivity contribution is 0.0934. The van der Waals surface area contributed by atoms with Gasteiger partial charge in [0.05, 0.1) is 5.56 Å². The molecule has 138 valence electrons. The Morgan fingerprint density at radius 2 is 1.96 bits per heavy atom. The van der Waals surface area contributed by atoms with Gasteiger partial charge in [-0.1, -0.05) is 0 Å². The van der Waals surface area contributed by atoms with Crippen LogP contribution in [0.15, 0.2) is 28.8 Å². The average Bonchev–Trinajstić information content (AvgIpc) is 3.28. The maximum absolute atomic E-state index is 12.0. The molecule has 1 aliphatic rings. The summed E-state index contributed by atoms with van der Waals surface area (Å²) in [5, 5.41) is 2.71. The number of furan rings is 1. The van der Waals surface area contributed by atoms with Crippen LogP contribution in [0, 0.1) is 13.8 Å². The van der Waals surface area contributed by atoms with E-state index in [2.05, 4.69) is 26.1 Å². The summed E-state index contributed by atoms with van der Waals surface area (Å²) in [5.74, 6) is 1.66. The molecule has 8 heteroatoms. The summed E-state index contributed by atoms with van der Waals surface area (Å²) in [6, 6.07) is 4.97. The van der Waals surface area contributed by atoms with E-state index in [4.69, 9.17) is 4.42 Å². The number of anilines is 1. The number of urea groups is 1. The van der Waals surface area contributed by atoms with Gasteiger partial charge < -0.3 is 14.6 Å². The molecule has 0 bridgehead atoms. The Bertz CT molecular complexity index is 796. The van der Waals surface area contributed by atoms with Gasteiger partial charge in [-0.15, -0.1) is 0 Å². The lowest BCUT2D eigenvalue weighted by Crippen LogP contribution is -2.46. The quantitative estimate of drug-likeness (QED) is 0.727. The standard InChI is InChI=1S/C18H23N5O3/c1-12-9-15(13(2)26-12)17(24)21-22-18(25)20-11-14-5-6-19-16(10-14)23-7-3-4-8-23/h5-6,9-10H,3-4,7-8,11H2,1-2H3,(H,21,24)(H2,20,22,25). The Kier molecular flexibility index (Phi) is 5.40. The zero-order valence-corrected chi connectivity index (χ0v) is 15.0. The first-order chi connectivity index (χ1) is 12.5. The Balaban J connectivity index is 1.47. The Hall–Kier alpha value is -3.03. The second-order valence-electron chi connectivity index (χ2n) is 6.31. The van der Waals surface area contributed by atoms with Crippen molar-refractivity contribution in [2.24, 2.45) is 0 Å². The summed E-state index contributed by atoms with van der Waals surface area (Å²) in [7, 11) is 0. The second kappa shape index (κ2) is 7.90. The third kappa shape index (κ3) is 4.33. The molecule has 3 rings (SSSR count). The van der Waals surface area contributed by atoms with Crippen molar-refractivity contribution >= 4 is 17.8 Å². The third-order valence-electron chi connectivity index (χ3n) is 4.27. The number of nitrogens with one attached hydrogen (secondary N) is 3. The van der Waals surface area contributed by atoms with Gasteiger partial charge in [-0.05, 0) is 50.5 Å². The SMILES string of the molecule is Cc1cc(C(=O)NNC(=O)NCc2ccnc(N3CCCC3)c2)c(C)o1. The van der Waals surface area contributed by atoms with Crippen molar-refractivity contribution in [1.82, 2.24) is 21.2 Å². The van der Waals surface area contributed by atoms with Crippen molar-refractivity contribution in [3.8, 4) is 0 Å². The molecule has 1 saturated heterocycles. The van der Waals surface area contributed by atoms with Crippen LogP contribution in [0.5, 0.6) is 0 Å². The maximum atomic E-state index is 12.0. The molecule has 3 heterocycles. The van der Waals surface area contributed by atoms with Gasteiger partial charge >= 0.3 is 6.03 Å². The molecule has 0 spiro atoms. The van der Waals surface area contributed by atoms with E-state index in [0.717, 1.165) is 24.5 Å². The van der Waals surface area contributed by atoms with Crippen LogP contribution in [0.2, 0.25) is 0 Å². The number of carbonyl (C=O) groups is 2. The van der Waals surface area contributed by atoms with E-state index in [1.807, 2.05) is 12.1 Å². The molecule has 0 aromatic carbocycles. The highest BCUT2D eigenvalue weighted by Gasteiger charge is 2.15. The molecule has 1 aliphatic heterocycles. The fourth-order valence-electron chi connectivity index (χ4n) is 2.95. The molecule has 0 radical (unpaired) electrons. The molecule has 8 nitrogen and oxygen atoms in total. The molecule has 0 saturated carbocycles. The summed E-state index contributed by atoms with van der Waals surface area (Å²) in [6.45, 7) is 5.83. The molecule has 2 aromatic rings. The lowest BCUT2D eigenvalue weighted by atomic mass is 10.2. The van der Waals surface area contributed by atoms with Crippen LogP contribution in [0.3, 0.4) is 0 Å². The summed E-state index contributed by atoms with van der Waals surface area (Å²) >= 11 is 0. The zero-order chi connectivity index (χ0) is 18.5. The number of nitrogens with zero attached hydrogens (tertiary/aromatic N) is 2. The van der Waals surface area contributed by atoms with Crippen molar-refractivity contribution in [3.05, 3.63) is 47.0 Å². The molecule has 0 unspecified atom stereocenters. The number of aryl methyl sites for hydroxylation is 2. The highest BCUT2D eigenvalue weighted by atomic mass is 16.3. The van der Waals surface area contributed by atoms with Gasteiger partial charge in [-0.25, -0.2) is 15.2 Å². The minimum absolute atomic E-state index is 0.342. The monoisotopic (exact) mass is 357 g/mol. The van der Waals surface area contributed by atoms with Crippen LogP contribution in [0.4, 0.5) is 10.6 Å². The van der Waals surface area contributed by atoms with Gasteiger partial charge in [0, 0.05) is 25.8 Å². The first-order valence-electron chi connectivity index (χ1n) is 8.64. The van der Waals surface area contributed by atoms with Crippen LogP contribution in [-0.4, -0.2) is 30.0 Å². The molecule has 26 heavy (non-hydrogen) atoms. The zero-order valence-electron chi connectivity index (χ0n) is 15.0. The van der Waals surface area contributed by atoms with Crippen molar-refractivity contribution in [2.75, 3.05) is 18.0 Å². The number of carbonyl (C=O) groups excluding carboxylic acids is 2. The first kappa shape index (κ1) is 17.8. The van der Waals surface area contributed by atoms with Crippen LogP contribution in [0.25, 0.3) is 0 Å².